The minimum absolute atomic E-state index is 0.0911. The van der Waals surface area contributed by atoms with Crippen LogP contribution in [0.25, 0.3) is 22.4 Å². The number of nitrogens with one attached hydrogen (secondary N) is 1. The molecule has 3 aromatic rings. The van der Waals surface area contributed by atoms with Gasteiger partial charge in [-0.2, -0.15) is 5.21 Å². The molecule has 2 heterocycles. The van der Waals surface area contributed by atoms with Crippen molar-refractivity contribution in [1.82, 2.24) is 20.6 Å². The average Bonchev–Trinajstić information content (AvgIpc) is 2.83. The second-order valence-corrected chi connectivity index (χ2v) is 3.23. The first-order valence-electron chi connectivity index (χ1n) is 4.60. The van der Waals surface area contributed by atoms with Gasteiger partial charge in [-0.15, -0.1) is 10.2 Å². The lowest BCUT2D eigenvalue weighted by Crippen LogP contribution is -1.98. The molecule has 16 heavy (non-hydrogen) atoms. The monoisotopic (exact) mass is 214 g/mol. The molecule has 0 saturated carbocycles. The molecule has 0 aliphatic rings. The highest BCUT2D eigenvalue weighted by Crippen LogP contribution is 2.18. The van der Waals surface area contributed by atoms with Crippen molar-refractivity contribution in [3.05, 3.63) is 40.8 Å². The summed E-state index contributed by atoms with van der Waals surface area (Å²) in [6.45, 7) is 0. The van der Waals surface area contributed by atoms with Crippen LogP contribution >= 0.6 is 0 Å². The van der Waals surface area contributed by atoms with Crippen molar-refractivity contribution in [3.8, 4) is 11.4 Å². The molecule has 6 heteroatoms. The number of H-pyrrole nitrogens is 1. The van der Waals surface area contributed by atoms with Crippen molar-refractivity contribution in [2.75, 3.05) is 0 Å². The largest absolute Gasteiger partial charge is 0.464 e. The number of hydrogen-bond acceptors (Lipinski definition) is 5. The van der Waals surface area contributed by atoms with Crippen LogP contribution in [0.2, 0.25) is 0 Å². The molecule has 0 fully saturated rings. The predicted octanol–water partition coefficient (Wildman–Crippen LogP) is 0.973. The van der Waals surface area contributed by atoms with Crippen LogP contribution in [0, 0.1) is 0 Å². The van der Waals surface area contributed by atoms with Crippen molar-refractivity contribution in [1.29, 1.82) is 0 Å². The van der Waals surface area contributed by atoms with E-state index < -0.39 is 0 Å². The average molecular weight is 214 g/mol. The van der Waals surface area contributed by atoms with Gasteiger partial charge in [0, 0.05) is 11.6 Å². The van der Waals surface area contributed by atoms with Crippen LogP contribution < -0.4 is 5.43 Å². The third-order valence-electron chi connectivity index (χ3n) is 2.26. The van der Waals surface area contributed by atoms with Gasteiger partial charge in [-0.3, -0.25) is 4.79 Å². The van der Waals surface area contributed by atoms with Gasteiger partial charge in [0.2, 0.25) is 5.82 Å². The van der Waals surface area contributed by atoms with E-state index >= 15 is 0 Å². The lowest BCUT2D eigenvalue weighted by molar-refractivity contribution is 0.602. The highest BCUT2D eigenvalue weighted by atomic mass is 16.3. The SMILES string of the molecule is O=c1ccoc2ccc(-c3nn[nH]n3)cc12. The summed E-state index contributed by atoms with van der Waals surface area (Å²) in [5, 5.41) is 14.0. The van der Waals surface area contributed by atoms with E-state index in [0.717, 1.165) is 5.56 Å². The topological polar surface area (TPSA) is 84.7 Å². The lowest BCUT2D eigenvalue weighted by atomic mass is 10.1. The van der Waals surface area contributed by atoms with Gasteiger partial charge in [0.05, 0.1) is 11.6 Å². The summed E-state index contributed by atoms with van der Waals surface area (Å²) in [5.41, 5.74) is 1.17. The molecule has 6 nitrogen and oxygen atoms in total. The highest BCUT2D eigenvalue weighted by molar-refractivity contribution is 5.81. The normalized spacial score (nSPS) is 10.8. The maximum atomic E-state index is 11.6. The van der Waals surface area contributed by atoms with Gasteiger partial charge in [-0.05, 0) is 23.4 Å². The Morgan fingerprint density at radius 2 is 2.19 bits per heavy atom. The van der Waals surface area contributed by atoms with Gasteiger partial charge in [0.15, 0.2) is 5.43 Å². The number of hydrogen-bond donors (Lipinski definition) is 1. The van der Waals surface area contributed by atoms with E-state index in [2.05, 4.69) is 20.6 Å². The Bertz CT molecular complexity index is 687. The first kappa shape index (κ1) is 8.78. The zero-order chi connectivity index (χ0) is 11.0. The Balaban J connectivity index is 2.31. The molecule has 0 bridgehead atoms. The Morgan fingerprint density at radius 3 is 3.00 bits per heavy atom. The molecule has 1 aromatic carbocycles. The molecule has 0 unspecified atom stereocenters. The van der Waals surface area contributed by atoms with Crippen LogP contribution in [0.3, 0.4) is 0 Å². The van der Waals surface area contributed by atoms with Gasteiger partial charge in [0.25, 0.3) is 0 Å². The Morgan fingerprint density at radius 1 is 1.25 bits per heavy atom. The van der Waals surface area contributed by atoms with Gasteiger partial charge in [0.1, 0.15) is 5.58 Å². The Kier molecular flexibility index (Phi) is 1.79. The number of fused-ring (bicyclic) bond motifs is 1. The maximum Gasteiger partial charge on any atom is 0.204 e. The molecule has 0 aliphatic heterocycles. The van der Waals surface area contributed by atoms with E-state index in [1.54, 1.807) is 18.2 Å². The third kappa shape index (κ3) is 1.28. The predicted molar refractivity (Wildman–Crippen MR) is 55.7 cm³/mol. The van der Waals surface area contributed by atoms with E-state index in [1.165, 1.54) is 12.3 Å². The van der Waals surface area contributed by atoms with Crippen molar-refractivity contribution in [2.24, 2.45) is 0 Å². The van der Waals surface area contributed by atoms with Gasteiger partial charge in [-0.25, -0.2) is 0 Å². The molecule has 0 saturated heterocycles. The van der Waals surface area contributed by atoms with Crippen LogP contribution in [0.5, 0.6) is 0 Å². The van der Waals surface area contributed by atoms with E-state index in [-0.39, 0.29) is 5.43 Å². The maximum absolute atomic E-state index is 11.6. The molecule has 0 spiro atoms. The minimum atomic E-state index is -0.0911. The van der Waals surface area contributed by atoms with Crippen LogP contribution in [0.1, 0.15) is 0 Å². The summed E-state index contributed by atoms with van der Waals surface area (Å²) in [5.74, 6) is 0.449. The minimum Gasteiger partial charge on any atom is -0.464 e. The zero-order valence-corrected chi connectivity index (χ0v) is 8.04. The van der Waals surface area contributed by atoms with Crippen molar-refractivity contribution >= 4 is 11.0 Å². The summed E-state index contributed by atoms with van der Waals surface area (Å²) in [7, 11) is 0. The first-order chi connectivity index (χ1) is 7.84. The second-order valence-electron chi connectivity index (χ2n) is 3.23. The van der Waals surface area contributed by atoms with E-state index in [1.807, 2.05) is 0 Å². The summed E-state index contributed by atoms with van der Waals surface area (Å²) in [6, 6.07) is 6.55. The zero-order valence-electron chi connectivity index (χ0n) is 8.04. The summed E-state index contributed by atoms with van der Waals surface area (Å²) < 4.78 is 5.20. The second kappa shape index (κ2) is 3.27. The molecule has 78 valence electrons. The molecule has 2 aromatic heterocycles. The quantitative estimate of drug-likeness (QED) is 0.652. The van der Waals surface area contributed by atoms with Crippen LogP contribution in [-0.2, 0) is 0 Å². The van der Waals surface area contributed by atoms with Crippen LogP contribution in [-0.4, -0.2) is 20.6 Å². The van der Waals surface area contributed by atoms with E-state index in [9.17, 15) is 4.79 Å². The standard InChI is InChI=1S/C10H6N4O2/c15-8-3-4-16-9-2-1-6(5-7(8)9)10-11-13-14-12-10/h1-5H,(H,11,12,13,14). The van der Waals surface area contributed by atoms with Crippen molar-refractivity contribution in [3.63, 3.8) is 0 Å². The van der Waals surface area contributed by atoms with Crippen molar-refractivity contribution in [2.45, 2.75) is 0 Å². The molecular weight excluding hydrogens is 208 g/mol. The number of aromatic amines is 1. The number of benzene rings is 1. The fourth-order valence-corrected chi connectivity index (χ4v) is 1.51. The molecule has 0 amide bonds. The number of aromatic nitrogens is 4. The lowest BCUT2D eigenvalue weighted by Gasteiger charge is -1.97. The summed E-state index contributed by atoms with van der Waals surface area (Å²) in [4.78, 5) is 11.6. The Labute approximate surface area is 88.9 Å². The number of nitrogens with zero attached hydrogens (tertiary/aromatic N) is 3. The fourth-order valence-electron chi connectivity index (χ4n) is 1.51. The third-order valence-corrected chi connectivity index (χ3v) is 2.26. The Hall–Kier alpha value is -2.50. The van der Waals surface area contributed by atoms with Crippen molar-refractivity contribution < 1.29 is 4.42 Å². The molecule has 1 N–H and O–H groups in total. The first-order valence-corrected chi connectivity index (χ1v) is 4.60. The van der Waals surface area contributed by atoms with E-state index in [4.69, 9.17) is 4.42 Å². The van der Waals surface area contributed by atoms with Gasteiger partial charge >= 0.3 is 0 Å². The number of tetrazole rings is 1. The molecule has 0 radical (unpaired) electrons. The smallest absolute Gasteiger partial charge is 0.204 e. The van der Waals surface area contributed by atoms with Gasteiger partial charge in [-0.1, -0.05) is 0 Å². The number of rotatable bonds is 1. The summed E-state index contributed by atoms with van der Waals surface area (Å²) in [6.07, 6.45) is 1.37. The summed E-state index contributed by atoms with van der Waals surface area (Å²) >= 11 is 0. The van der Waals surface area contributed by atoms with E-state index in [0.29, 0.717) is 16.8 Å². The molecule has 0 aliphatic carbocycles. The molecular formula is C10H6N4O2. The van der Waals surface area contributed by atoms with Crippen LogP contribution in [0.4, 0.5) is 0 Å². The fraction of sp³-hybridized carbons (Fsp3) is 0. The molecule has 3 rings (SSSR count). The van der Waals surface area contributed by atoms with Crippen LogP contribution in [0.15, 0.2) is 39.7 Å². The molecule has 0 atom stereocenters. The van der Waals surface area contributed by atoms with Gasteiger partial charge < -0.3 is 4.42 Å². The highest BCUT2D eigenvalue weighted by Gasteiger charge is 2.06.